The summed E-state index contributed by atoms with van der Waals surface area (Å²) in [5.41, 5.74) is 3.57. The molecule has 4 heterocycles. The summed E-state index contributed by atoms with van der Waals surface area (Å²) in [5, 5.41) is 40.0. The molecule has 35 heavy (non-hydrogen) atoms. The number of rotatable bonds is 8. The summed E-state index contributed by atoms with van der Waals surface area (Å²) in [5.74, 6) is 0.626. The van der Waals surface area contributed by atoms with Crippen LogP contribution in [0.5, 0.6) is 0 Å². The van der Waals surface area contributed by atoms with Crippen LogP contribution in [0.15, 0.2) is 29.9 Å². The summed E-state index contributed by atoms with van der Waals surface area (Å²) in [6.07, 6.45) is 2.74. The van der Waals surface area contributed by atoms with Crippen LogP contribution in [0.1, 0.15) is 22.6 Å². The summed E-state index contributed by atoms with van der Waals surface area (Å²) in [6, 6.07) is 3.57. The smallest absolute Gasteiger partial charge is 0.224 e. The lowest BCUT2D eigenvalue weighted by Crippen LogP contribution is -2.35. The van der Waals surface area contributed by atoms with Gasteiger partial charge in [-0.25, -0.2) is 9.97 Å². The summed E-state index contributed by atoms with van der Waals surface area (Å²) in [7, 11) is 0. The molecule has 0 spiro atoms. The van der Waals surface area contributed by atoms with Crippen molar-refractivity contribution >= 4 is 44.7 Å². The number of aliphatic hydroxyl groups is 3. The predicted octanol–water partition coefficient (Wildman–Crippen LogP) is 3.00. The molecule has 4 unspecified atom stereocenters. The van der Waals surface area contributed by atoms with Crippen LogP contribution in [0.4, 0.5) is 11.8 Å². The third-order valence-electron chi connectivity index (χ3n) is 6.46. The Kier molecular flexibility index (Phi) is 6.94. The maximum absolute atomic E-state index is 10.6. The molecular formula is C24H28N6O3S2. The second kappa shape index (κ2) is 10.1. The van der Waals surface area contributed by atoms with Crippen molar-refractivity contribution in [2.24, 2.45) is 5.92 Å². The van der Waals surface area contributed by atoms with Gasteiger partial charge in [-0.2, -0.15) is 4.98 Å². The standard InChI is InChI=1S/C24H28N6O3S2/c1-12-5-8-34-17(12)4-7-26-24-27-13(2)19(23-29-16-10-25-6-3-18(16)35-23)22(30-24)28-15-9-14(11-31)20(32)21(15)33/h3,5-6,8,10,14-15,20-21,31-33H,4,7,9,11H2,1-2H3,(H2,26,27,28,30). The molecule has 1 fully saturated rings. The lowest BCUT2D eigenvalue weighted by molar-refractivity contribution is 0.00446. The van der Waals surface area contributed by atoms with Crippen LogP contribution in [0, 0.1) is 19.8 Å². The highest BCUT2D eigenvalue weighted by Crippen LogP contribution is 2.38. The molecule has 0 aromatic carbocycles. The Morgan fingerprint density at radius 2 is 1.97 bits per heavy atom. The fourth-order valence-electron chi connectivity index (χ4n) is 4.47. The Morgan fingerprint density at radius 3 is 2.69 bits per heavy atom. The van der Waals surface area contributed by atoms with Gasteiger partial charge in [-0.3, -0.25) is 4.98 Å². The predicted molar refractivity (Wildman–Crippen MR) is 139 cm³/mol. The maximum Gasteiger partial charge on any atom is 0.224 e. The van der Waals surface area contributed by atoms with E-state index in [4.69, 9.17) is 15.0 Å². The van der Waals surface area contributed by atoms with Crippen molar-refractivity contribution in [3.63, 3.8) is 0 Å². The van der Waals surface area contributed by atoms with E-state index in [9.17, 15) is 15.3 Å². The molecule has 4 aromatic heterocycles. The summed E-state index contributed by atoms with van der Waals surface area (Å²) >= 11 is 3.26. The zero-order valence-electron chi connectivity index (χ0n) is 19.5. The van der Waals surface area contributed by atoms with Crippen molar-refractivity contribution in [1.29, 1.82) is 0 Å². The number of aromatic nitrogens is 4. The van der Waals surface area contributed by atoms with Crippen LogP contribution in [0.25, 0.3) is 20.8 Å². The number of aliphatic hydroxyl groups excluding tert-OH is 3. The zero-order valence-corrected chi connectivity index (χ0v) is 21.1. The van der Waals surface area contributed by atoms with E-state index >= 15 is 0 Å². The Bertz CT molecular complexity index is 1290. The zero-order chi connectivity index (χ0) is 24.5. The van der Waals surface area contributed by atoms with Gasteiger partial charge in [0, 0.05) is 30.1 Å². The van der Waals surface area contributed by atoms with Gasteiger partial charge < -0.3 is 26.0 Å². The normalized spacial score (nSPS) is 22.1. The molecule has 0 amide bonds. The summed E-state index contributed by atoms with van der Waals surface area (Å²) in [6.45, 7) is 4.52. The Morgan fingerprint density at radius 1 is 1.11 bits per heavy atom. The van der Waals surface area contributed by atoms with Crippen LogP contribution in [0.3, 0.4) is 0 Å². The number of thiazole rings is 1. The van der Waals surface area contributed by atoms with E-state index < -0.39 is 24.2 Å². The van der Waals surface area contributed by atoms with Crippen LogP contribution in [0.2, 0.25) is 0 Å². The van der Waals surface area contributed by atoms with Gasteiger partial charge in [-0.05, 0) is 49.8 Å². The van der Waals surface area contributed by atoms with Crippen LogP contribution >= 0.6 is 22.7 Å². The molecule has 1 saturated carbocycles. The average molecular weight is 513 g/mol. The van der Waals surface area contributed by atoms with Gasteiger partial charge in [0.05, 0.1) is 34.3 Å². The van der Waals surface area contributed by atoms with Crippen molar-refractivity contribution < 1.29 is 15.3 Å². The quantitative estimate of drug-likeness (QED) is 0.241. The number of aryl methyl sites for hydroxylation is 2. The first-order chi connectivity index (χ1) is 16.9. The third-order valence-corrected chi connectivity index (χ3v) is 8.59. The molecule has 1 aliphatic rings. The SMILES string of the molecule is Cc1ccsc1CCNc1nc(C)c(-c2nc3cnccc3s2)c(NC2CC(CO)C(O)C2O)n1. The van der Waals surface area contributed by atoms with E-state index in [-0.39, 0.29) is 6.61 Å². The van der Waals surface area contributed by atoms with Gasteiger partial charge >= 0.3 is 0 Å². The minimum Gasteiger partial charge on any atom is -0.396 e. The first-order valence-electron chi connectivity index (χ1n) is 11.5. The molecule has 1 aliphatic carbocycles. The number of anilines is 2. The second-order valence-corrected chi connectivity index (χ2v) is 10.9. The highest BCUT2D eigenvalue weighted by atomic mass is 32.1. The lowest BCUT2D eigenvalue weighted by Gasteiger charge is -2.21. The van der Waals surface area contributed by atoms with E-state index in [0.29, 0.717) is 24.7 Å². The lowest BCUT2D eigenvalue weighted by atomic mass is 10.1. The van der Waals surface area contributed by atoms with Crippen molar-refractivity contribution in [1.82, 2.24) is 19.9 Å². The topological polar surface area (TPSA) is 136 Å². The summed E-state index contributed by atoms with van der Waals surface area (Å²) < 4.78 is 1.01. The maximum atomic E-state index is 10.6. The van der Waals surface area contributed by atoms with Crippen molar-refractivity contribution in [2.45, 2.75) is 44.9 Å². The molecule has 0 radical (unpaired) electrons. The molecule has 0 saturated heterocycles. The van der Waals surface area contributed by atoms with Crippen LogP contribution in [-0.4, -0.2) is 66.7 Å². The first-order valence-corrected chi connectivity index (χ1v) is 13.2. The number of hydrogen-bond acceptors (Lipinski definition) is 11. The molecule has 5 rings (SSSR count). The number of hydrogen-bond donors (Lipinski definition) is 5. The van der Waals surface area contributed by atoms with E-state index in [1.165, 1.54) is 21.8 Å². The van der Waals surface area contributed by atoms with E-state index in [1.54, 1.807) is 23.7 Å². The van der Waals surface area contributed by atoms with E-state index in [0.717, 1.165) is 32.9 Å². The molecule has 4 atom stereocenters. The molecule has 0 bridgehead atoms. The second-order valence-electron chi connectivity index (χ2n) is 8.83. The highest BCUT2D eigenvalue weighted by Gasteiger charge is 2.41. The first kappa shape index (κ1) is 24.0. The third kappa shape index (κ3) is 4.87. The molecular weight excluding hydrogens is 484 g/mol. The Balaban J connectivity index is 1.47. The summed E-state index contributed by atoms with van der Waals surface area (Å²) in [4.78, 5) is 19.7. The van der Waals surface area contributed by atoms with Crippen molar-refractivity contribution in [3.05, 3.63) is 46.0 Å². The van der Waals surface area contributed by atoms with E-state index in [1.807, 2.05) is 13.0 Å². The number of nitrogens with one attached hydrogen (secondary N) is 2. The van der Waals surface area contributed by atoms with Gasteiger partial charge in [0.1, 0.15) is 22.4 Å². The van der Waals surface area contributed by atoms with Gasteiger partial charge in [0.25, 0.3) is 0 Å². The Labute approximate surface area is 211 Å². The van der Waals surface area contributed by atoms with Crippen molar-refractivity contribution in [2.75, 3.05) is 23.8 Å². The number of nitrogens with zero attached hydrogens (tertiary/aromatic N) is 4. The molecule has 4 aromatic rings. The molecule has 9 nitrogen and oxygen atoms in total. The molecule has 5 N–H and O–H groups in total. The minimum absolute atomic E-state index is 0.189. The minimum atomic E-state index is -1.02. The number of thiophene rings is 1. The van der Waals surface area contributed by atoms with Gasteiger partial charge in [0.2, 0.25) is 5.95 Å². The largest absolute Gasteiger partial charge is 0.396 e. The van der Waals surface area contributed by atoms with E-state index in [2.05, 4.69) is 34.0 Å². The Hall–Kier alpha value is -2.70. The number of fused-ring (bicyclic) bond motifs is 1. The van der Waals surface area contributed by atoms with Crippen LogP contribution in [-0.2, 0) is 6.42 Å². The van der Waals surface area contributed by atoms with Gasteiger partial charge in [0.15, 0.2) is 0 Å². The average Bonchev–Trinajstić information content (AvgIpc) is 3.52. The highest BCUT2D eigenvalue weighted by molar-refractivity contribution is 7.21. The van der Waals surface area contributed by atoms with Crippen LogP contribution < -0.4 is 10.6 Å². The molecule has 11 heteroatoms. The van der Waals surface area contributed by atoms with Gasteiger partial charge in [-0.15, -0.1) is 22.7 Å². The molecule has 184 valence electrons. The molecule has 0 aliphatic heterocycles. The fraction of sp³-hybridized carbons (Fsp3) is 0.417. The number of pyridine rings is 1. The van der Waals surface area contributed by atoms with Gasteiger partial charge in [-0.1, -0.05) is 0 Å². The van der Waals surface area contributed by atoms with Crippen molar-refractivity contribution in [3.8, 4) is 10.6 Å². The monoisotopic (exact) mass is 512 g/mol. The fourth-order valence-corrected chi connectivity index (χ4v) is 6.41.